The molecule has 0 aliphatic carbocycles. The number of nitrogens with two attached hydrogens (primary N) is 1. The number of methoxy groups -OCH3 is 1. The quantitative estimate of drug-likeness (QED) is 0.696. The second-order valence-electron chi connectivity index (χ2n) is 5.50. The summed E-state index contributed by atoms with van der Waals surface area (Å²) in [6.45, 7) is 0. The van der Waals surface area contributed by atoms with Gasteiger partial charge in [-0.25, -0.2) is 17.9 Å². The van der Waals surface area contributed by atoms with Gasteiger partial charge < -0.3 is 14.5 Å². The van der Waals surface area contributed by atoms with E-state index in [0.29, 0.717) is 0 Å². The van der Waals surface area contributed by atoms with Gasteiger partial charge in [0.2, 0.25) is 10.0 Å². The van der Waals surface area contributed by atoms with E-state index in [1.807, 2.05) is 0 Å². The van der Waals surface area contributed by atoms with Gasteiger partial charge in [-0.05, 0) is 42.5 Å². The molecule has 0 bridgehead atoms. The van der Waals surface area contributed by atoms with Gasteiger partial charge in [0.15, 0.2) is 5.76 Å². The molecule has 1 aromatic heterocycles. The van der Waals surface area contributed by atoms with Gasteiger partial charge in [0, 0.05) is 0 Å². The molecule has 3 N–H and O–H groups in total. The molecule has 0 spiro atoms. The molecule has 0 aliphatic rings. The zero-order valence-corrected chi connectivity index (χ0v) is 14.9. The Kier molecular flexibility index (Phi) is 4.98. The number of hydrogen-bond donors (Lipinski definition) is 2. The molecule has 140 valence electrons. The van der Waals surface area contributed by atoms with Gasteiger partial charge in [-0.15, -0.1) is 0 Å². The number of furan rings is 1. The van der Waals surface area contributed by atoms with Crippen molar-refractivity contribution in [1.29, 1.82) is 0 Å². The fourth-order valence-corrected chi connectivity index (χ4v) is 2.95. The molecule has 3 rings (SSSR count). The summed E-state index contributed by atoms with van der Waals surface area (Å²) in [5.74, 6) is -0.819. The van der Waals surface area contributed by atoms with Crippen LogP contribution < -0.4 is 15.2 Å². The highest BCUT2D eigenvalue weighted by Crippen LogP contribution is 2.29. The second-order valence-corrected chi connectivity index (χ2v) is 7.07. The van der Waals surface area contributed by atoms with Gasteiger partial charge in [0.1, 0.15) is 17.3 Å². The number of carbonyl (C=O) groups is 1. The van der Waals surface area contributed by atoms with Gasteiger partial charge in [0.25, 0.3) is 5.91 Å². The molecule has 7 nitrogen and oxygen atoms in total. The first-order chi connectivity index (χ1) is 12.8. The Morgan fingerprint density at radius 3 is 2.56 bits per heavy atom. The minimum atomic E-state index is -3.96. The van der Waals surface area contributed by atoms with Crippen LogP contribution in [0.25, 0.3) is 11.3 Å². The van der Waals surface area contributed by atoms with Crippen molar-refractivity contribution in [2.75, 3.05) is 12.4 Å². The third-order valence-corrected chi connectivity index (χ3v) is 4.63. The van der Waals surface area contributed by atoms with Crippen LogP contribution in [0.5, 0.6) is 5.75 Å². The SMILES string of the molecule is COc1ccc(S(N)(=O)=O)cc1NC(=O)c1ccc(-c2ccccc2F)o1. The van der Waals surface area contributed by atoms with E-state index in [-0.39, 0.29) is 33.4 Å². The van der Waals surface area contributed by atoms with E-state index >= 15 is 0 Å². The number of primary sulfonamides is 1. The first kappa shape index (κ1) is 18.6. The smallest absolute Gasteiger partial charge is 0.291 e. The highest BCUT2D eigenvalue weighted by Gasteiger charge is 2.18. The van der Waals surface area contributed by atoms with Crippen LogP contribution in [0.2, 0.25) is 0 Å². The number of ether oxygens (including phenoxy) is 1. The van der Waals surface area contributed by atoms with Crippen LogP contribution in [0.15, 0.2) is 63.9 Å². The zero-order valence-electron chi connectivity index (χ0n) is 14.1. The Hall–Kier alpha value is -3.17. The summed E-state index contributed by atoms with van der Waals surface area (Å²) in [6.07, 6.45) is 0. The minimum Gasteiger partial charge on any atom is -0.495 e. The summed E-state index contributed by atoms with van der Waals surface area (Å²) < 4.78 is 47.4. The first-order valence-corrected chi connectivity index (χ1v) is 9.21. The van der Waals surface area contributed by atoms with Crippen molar-refractivity contribution in [1.82, 2.24) is 0 Å². The maximum atomic E-state index is 13.8. The third kappa shape index (κ3) is 3.99. The largest absolute Gasteiger partial charge is 0.495 e. The standard InChI is InChI=1S/C18H15FN2O5S/c1-25-16-7-6-11(27(20,23)24)10-14(16)21-18(22)17-9-8-15(26-17)12-4-2-3-5-13(12)19/h2-10H,1H3,(H,21,22)(H2,20,23,24). The number of carbonyl (C=O) groups excluding carboxylic acids is 1. The van der Waals surface area contributed by atoms with Crippen molar-refractivity contribution in [3.05, 3.63) is 66.2 Å². The van der Waals surface area contributed by atoms with Crippen molar-refractivity contribution in [3.63, 3.8) is 0 Å². The van der Waals surface area contributed by atoms with Gasteiger partial charge in [-0.3, -0.25) is 4.79 Å². The molecular weight excluding hydrogens is 375 g/mol. The molecule has 0 aliphatic heterocycles. The fourth-order valence-electron chi connectivity index (χ4n) is 2.41. The molecule has 0 saturated carbocycles. The number of benzene rings is 2. The molecule has 1 amide bonds. The predicted octanol–water partition coefficient (Wildman–Crippen LogP) is 2.99. The van der Waals surface area contributed by atoms with Gasteiger partial charge in [-0.1, -0.05) is 12.1 Å². The van der Waals surface area contributed by atoms with E-state index in [0.717, 1.165) is 0 Å². The van der Waals surface area contributed by atoms with Crippen molar-refractivity contribution in [3.8, 4) is 17.1 Å². The Bertz CT molecular complexity index is 1110. The van der Waals surface area contributed by atoms with E-state index in [9.17, 15) is 17.6 Å². The van der Waals surface area contributed by atoms with Crippen molar-refractivity contribution in [2.45, 2.75) is 4.90 Å². The Morgan fingerprint density at radius 1 is 1.15 bits per heavy atom. The predicted molar refractivity (Wildman–Crippen MR) is 96.4 cm³/mol. The summed E-state index contributed by atoms with van der Waals surface area (Å²) in [4.78, 5) is 12.2. The molecule has 0 unspecified atom stereocenters. The number of hydrogen-bond acceptors (Lipinski definition) is 5. The lowest BCUT2D eigenvalue weighted by Crippen LogP contribution is -2.15. The molecule has 27 heavy (non-hydrogen) atoms. The topological polar surface area (TPSA) is 112 Å². The maximum Gasteiger partial charge on any atom is 0.291 e. The highest BCUT2D eigenvalue weighted by molar-refractivity contribution is 7.89. The summed E-state index contributed by atoms with van der Waals surface area (Å²) in [5, 5.41) is 7.60. The first-order valence-electron chi connectivity index (χ1n) is 7.66. The van der Waals surface area contributed by atoms with Crippen LogP contribution >= 0.6 is 0 Å². The monoisotopic (exact) mass is 390 g/mol. The highest BCUT2D eigenvalue weighted by atomic mass is 32.2. The van der Waals surface area contributed by atoms with E-state index in [1.165, 1.54) is 49.6 Å². The lowest BCUT2D eigenvalue weighted by Gasteiger charge is -2.10. The molecule has 9 heteroatoms. The second kappa shape index (κ2) is 7.22. The zero-order chi connectivity index (χ0) is 19.6. The molecule has 2 aromatic carbocycles. The van der Waals surface area contributed by atoms with Crippen LogP contribution in [0.3, 0.4) is 0 Å². The van der Waals surface area contributed by atoms with Crippen molar-refractivity contribution >= 4 is 21.6 Å². The molecule has 1 heterocycles. The van der Waals surface area contributed by atoms with Gasteiger partial charge in [0.05, 0.1) is 23.3 Å². The van der Waals surface area contributed by atoms with Crippen LogP contribution in [0, 0.1) is 5.82 Å². The van der Waals surface area contributed by atoms with Gasteiger partial charge in [-0.2, -0.15) is 0 Å². The van der Waals surface area contributed by atoms with Crippen molar-refractivity contribution < 1.29 is 26.8 Å². The van der Waals surface area contributed by atoms with Crippen molar-refractivity contribution in [2.24, 2.45) is 5.14 Å². The third-order valence-electron chi connectivity index (χ3n) is 3.72. The van der Waals surface area contributed by atoms with Crippen LogP contribution in [-0.4, -0.2) is 21.4 Å². The summed E-state index contributed by atoms with van der Waals surface area (Å²) in [7, 11) is -2.59. The molecule has 0 atom stereocenters. The average molecular weight is 390 g/mol. The maximum absolute atomic E-state index is 13.8. The van der Waals surface area contributed by atoms with Crippen LogP contribution in [0.4, 0.5) is 10.1 Å². The molecule has 3 aromatic rings. The summed E-state index contributed by atoms with van der Waals surface area (Å²) in [6, 6.07) is 12.6. The Morgan fingerprint density at radius 2 is 1.89 bits per heavy atom. The van der Waals surface area contributed by atoms with E-state index in [2.05, 4.69) is 5.32 Å². The van der Waals surface area contributed by atoms with E-state index < -0.39 is 21.7 Å². The number of amides is 1. The summed E-state index contributed by atoms with van der Waals surface area (Å²) >= 11 is 0. The lowest BCUT2D eigenvalue weighted by atomic mass is 10.1. The molecule has 0 fully saturated rings. The molecular formula is C18H15FN2O5S. The minimum absolute atomic E-state index is 0.0867. The van der Waals surface area contributed by atoms with Gasteiger partial charge >= 0.3 is 0 Å². The average Bonchev–Trinajstić information content (AvgIpc) is 3.11. The number of sulfonamides is 1. The Balaban J connectivity index is 1.89. The molecule has 0 radical (unpaired) electrons. The van der Waals surface area contributed by atoms with Crippen LogP contribution in [0.1, 0.15) is 10.6 Å². The molecule has 0 saturated heterocycles. The van der Waals surface area contributed by atoms with E-state index in [4.69, 9.17) is 14.3 Å². The van der Waals surface area contributed by atoms with E-state index in [1.54, 1.807) is 12.1 Å². The number of anilines is 1. The fraction of sp³-hybridized carbons (Fsp3) is 0.0556. The normalized spacial score (nSPS) is 11.2. The number of rotatable bonds is 5. The Labute approximate surface area is 154 Å². The number of nitrogens with one attached hydrogen (secondary N) is 1. The lowest BCUT2D eigenvalue weighted by molar-refractivity contribution is 0.0997. The van der Waals surface area contributed by atoms with Crippen LogP contribution in [-0.2, 0) is 10.0 Å². The summed E-state index contributed by atoms with van der Waals surface area (Å²) in [5.41, 5.74) is 0.309. The number of halogens is 1.